The topological polar surface area (TPSA) is 42.0 Å². The lowest BCUT2D eigenvalue weighted by atomic mass is 10.2. The summed E-state index contributed by atoms with van der Waals surface area (Å²) in [5.74, 6) is 2.00. The number of hydrogen-bond acceptors (Lipinski definition) is 3. The van der Waals surface area contributed by atoms with E-state index in [1.165, 1.54) is 0 Å². The van der Waals surface area contributed by atoms with E-state index in [1.807, 2.05) is 18.2 Å². The molecule has 90 valence electrons. The Hall–Kier alpha value is -0.450. The van der Waals surface area contributed by atoms with Gasteiger partial charge in [-0.1, -0.05) is 6.07 Å². The second-order valence-corrected chi connectivity index (χ2v) is 5.43. The van der Waals surface area contributed by atoms with Gasteiger partial charge in [-0.15, -0.1) is 12.4 Å². The highest BCUT2D eigenvalue weighted by molar-refractivity contribution is 7.84. The molecule has 0 amide bonds. The Morgan fingerprint density at radius 1 is 1.50 bits per heavy atom. The SMILES string of the molecule is Cl.O=S(Cc1ccccn1)CC1CCNC1. The lowest BCUT2D eigenvalue weighted by molar-refractivity contribution is 0.632. The van der Waals surface area contributed by atoms with Gasteiger partial charge in [-0.2, -0.15) is 0 Å². The Kier molecular flexibility index (Phi) is 5.95. The molecule has 1 aliphatic rings. The van der Waals surface area contributed by atoms with E-state index in [0.29, 0.717) is 11.7 Å². The predicted molar refractivity (Wildman–Crippen MR) is 69.2 cm³/mol. The van der Waals surface area contributed by atoms with E-state index in [-0.39, 0.29) is 12.4 Å². The van der Waals surface area contributed by atoms with Crippen molar-refractivity contribution in [3.63, 3.8) is 0 Å². The number of nitrogens with one attached hydrogen (secondary N) is 1. The third-order valence-electron chi connectivity index (χ3n) is 2.62. The van der Waals surface area contributed by atoms with Crippen molar-refractivity contribution in [2.45, 2.75) is 12.2 Å². The minimum absolute atomic E-state index is 0. The fraction of sp³-hybridized carbons (Fsp3) is 0.545. The highest BCUT2D eigenvalue weighted by Gasteiger charge is 2.17. The second-order valence-electron chi connectivity index (χ2n) is 3.93. The summed E-state index contributed by atoms with van der Waals surface area (Å²) in [6.45, 7) is 2.10. The molecule has 1 N–H and O–H groups in total. The smallest absolute Gasteiger partial charge is 0.0658 e. The zero-order chi connectivity index (χ0) is 10.5. The molecule has 1 aliphatic heterocycles. The van der Waals surface area contributed by atoms with Gasteiger partial charge < -0.3 is 5.32 Å². The fourth-order valence-electron chi connectivity index (χ4n) is 1.83. The number of rotatable bonds is 4. The van der Waals surface area contributed by atoms with Gasteiger partial charge in [-0.05, 0) is 37.6 Å². The molecule has 2 unspecified atom stereocenters. The molecule has 5 heteroatoms. The van der Waals surface area contributed by atoms with Crippen LogP contribution in [-0.4, -0.2) is 28.0 Å². The molecule has 0 aromatic carbocycles. The molecule has 2 rings (SSSR count). The van der Waals surface area contributed by atoms with Crippen LogP contribution in [-0.2, 0) is 16.6 Å². The van der Waals surface area contributed by atoms with Crippen molar-refractivity contribution < 1.29 is 4.21 Å². The number of halogens is 1. The number of pyridine rings is 1. The third kappa shape index (κ3) is 4.20. The molecule has 2 atom stereocenters. The normalized spacial score (nSPS) is 21.4. The Bertz CT molecular complexity index is 328. The Labute approximate surface area is 105 Å². The first-order valence-electron chi connectivity index (χ1n) is 5.30. The summed E-state index contributed by atoms with van der Waals surface area (Å²) >= 11 is 0. The van der Waals surface area contributed by atoms with E-state index in [4.69, 9.17) is 0 Å². The van der Waals surface area contributed by atoms with Crippen LogP contribution in [0, 0.1) is 5.92 Å². The lowest BCUT2D eigenvalue weighted by Crippen LogP contribution is -2.16. The van der Waals surface area contributed by atoms with E-state index in [0.717, 1.165) is 31.0 Å². The van der Waals surface area contributed by atoms with Crippen LogP contribution in [0.3, 0.4) is 0 Å². The van der Waals surface area contributed by atoms with Crippen LogP contribution in [0.25, 0.3) is 0 Å². The van der Waals surface area contributed by atoms with Crippen LogP contribution in [0.5, 0.6) is 0 Å². The number of aromatic nitrogens is 1. The van der Waals surface area contributed by atoms with Crippen molar-refractivity contribution in [3.8, 4) is 0 Å². The molecule has 0 bridgehead atoms. The van der Waals surface area contributed by atoms with Crippen molar-refractivity contribution in [1.29, 1.82) is 0 Å². The summed E-state index contributed by atoms with van der Waals surface area (Å²) in [7, 11) is -0.763. The minimum atomic E-state index is -0.763. The first-order valence-corrected chi connectivity index (χ1v) is 6.79. The molecule has 1 saturated heterocycles. The van der Waals surface area contributed by atoms with Gasteiger partial charge in [0.1, 0.15) is 0 Å². The summed E-state index contributed by atoms with van der Waals surface area (Å²) in [6.07, 6.45) is 2.91. The van der Waals surface area contributed by atoms with Gasteiger partial charge in [0.25, 0.3) is 0 Å². The van der Waals surface area contributed by atoms with Crippen molar-refractivity contribution in [2.24, 2.45) is 5.92 Å². The van der Waals surface area contributed by atoms with Crippen molar-refractivity contribution in [3.05, 3.63) is 30.1 Å². The predicted octanol–water partition coefficient (Wildman–Crippen LogP) is 1.36. The van der Waals surface area contributed by atoms with Crippen molar-refractivity contribution in [2.75, 3.05) is 18.8 Å². The Morgan fingerprint density at radius 2 is 2.38 bits per heavy atom. The molecule has 16 heavy (non-hydrogen) atoms. The zero-order valence-electron chi connectivity index (χ0n) is 9.09. The quantitative estimate of drug-likeness (QED) is 0.889. The third-order valence-corrected chi connectivity index (χ3v) is 4.08. The molecule has 1 aromatic heterocycles. The van der Waals surface area contributed by atoms with Gasteiger partial charge in [-0.25, -0.2) is 0 Å². The van der Waals surface area contributed by atoms with Crippen LogP contribution in [0.4, 0.5) is 0 Å². The maximum atomic E-state index is 11.8. The lowest BCUT2D eigenvalue weighted by Gasteiger charge is -2.07. The van der Waals surface area contributed by atoms with Gasteiger partial charge >= 0.3 is 0 Å². The summed E-state index contributed by atoms with van der Waals surface area (Å²) in [6, 6.07) is 5.76. The Morgan fingerprint density at radius 3 is 3.00 bits per heavy atom. The maximum absolute atomic E-state index is 11.8. The second kappa shape index (κ2) is 6.99. The average Bonchev–Trinajstić information content (AvgIpc) is 2.71. The molecule has 0 saturated carbocycles. The van der Waals surface area contributed by atoms with Crippen molar-refractivity contribution >= 4 is 23.2 Å². The zero-order valence-corrected chi connectivity index (χ0v) is 10.7. The summed E-state index contributed by atoms with van der Waals surface area (Å²) in [4.78, 5) is 4.18. The Balaban J connectivity index is 0.00000128. The fourth-order valence-corrected chi connectivity index (χ4v) is 3.26. The standard InChI is InChI=1S/C11H16N2OS.ClH/c14-15(8-10-4-6-12-7-10)9-11-3-1-2-5-13-11;/h1-3,5,10,12H,4,6-9H2;1H. The number of hydrogen-bond donors (Lipinski definition) is 1. The molecular formula is C11H17ClN2OS. The van der Waals surface area contributed by atoms with Crippen LogP contribution < -0.4 is 5.32 Å². The molecular weight excluding hydrogens is 244 g/mol. The van der Waals surface area contributed by atoms with Crippen LogP contribution >= 0.6 is 12.4 Å². The van der Waals surface area contributed by atoms with E-state index in [9.17, 15) is 4.21 Å². The highest BCUT2D eigenvalue weighted by atomic mass is 35.5. The maximum Gasteiger partial charge on any atom is 0.0658 e. The summed E-state index contributed by atoms with van der Waals surface area (Å²) in [5.41, 5.74) is 0.932. The molecule has 0 spiro atoms. The summed E-state index contributed by atoms with van der Waals surface area (Å²) < 4.78 is 11.8. The molecule has 0 aliphatic carbocycles. The van der Waals surface area contributed by atoms with E-state index in [1.54, 1.807) is 6.20 Å². The van der Waals surface area contributed by atoms with Gasteiger partial charge in [-0.3, -0.25) is 9.19 Å². The van der Waals surface area contributed by atoms with Crippen LogP contribution in [0.1, 0.15) is 12.1 Å². The molecule has 3 nitrogen and oxygen atoms in total. The molecule has 0 radical (unpaired) electrons. The van der Waals surface area contributed by atoms with Crippen molar-refractivity contribution in [1.82, 2.24) is 10.3 Å². The van der Waals surface area contributed by atoms with Crippen LogP contribution in [0.15, 0.2) is 24.4 Å². The molecule has 2 heterocycles. The van der Waals surface area contributed by atoms with Gasteiger partial charge in [0.2, 0.25) is 0 Å². The average molecular weight is 261 g/mol. The van der Waals surface area contributed by atoms with E-state index < -0.39 is 10.8 Å². The summed E-state index contributed by atoms with van der Waals surface area (Å²) in [5, 5.41) is 3.29. The minimum Gasteiger partial charge on any atom is -0.316 e. The molecule has 1 aromatic rings. The monoisotopic (exact) mass is 260 g/mol. The number of nitrogens with zero attached hydrogens (tertiary/aromatic N) is 1. The first kappa shape index (κ1) is 13.6. The molecule has 1 fully saturated rings. The van der Waals surface area contributed by atoms with E-state index in [2.05, 4.69) is 10.3 Å². The first-order chi connectivity index (χ1) is 7.34. The van der Waals surface area contributed by atoms with Gasteiger partial charge in [0.15, 0.2) is 0 Å². The van der Waals surface area contributed by atoms with Crippen LogP contribution in [0.2, 0.25) is 0 Å². The van der Waals surface area contributed by atoms with Gasteiger partial charge in [0, 0.05) is 22.7 Å². The largest absolute Gasteiger partial charge is 0.316 e. The van der Waals surface area contributed by atoms with Gasteiger partial charge in [0.05, 0.1) is 11.4 Å². The highest BCUT2D eigenvalue weighted by Crippen LogP contribution is 2.11. The van der Waals surface area contributed by atoms with E-state index >= 15 is 0 Å².